The first-order chi connectivity index (χ1) is 13.4. The van der Waals surface area contributed by atoms with Crippen molar-refractivity contribution >= 4 is 29.5 Å². The van der Waals surface area contributed by atoms with Gasteiger partial charge in [0, 0.05) is 6.04 Å². The fourth-order valence-corrected chi connectivity index (χ4v) is 2.48. The van der Waals surface area contributed by atoms with Gasteiger partial charge in [0.2, 0.25) is 0 Å². The van der Waals surface area contributed by atoms with E-state index >= 15 is 0 Å². The predicted molar refractivity (Wildman–Crippen MR) is 113 cm³/mol. The minimum atomic E-state index is -0.492. The second-order valence-corrected chi connectivity index (χ2v) is 6.43. The summed E-state index contributed by atoms with van der Waals surface area (Å²) in [6.45, 7) is 3.96. The van der Waals surface area contributed by atoms with Gasteiger partial charge in [-0.1, -0.05) is 0 Å². The summed E-state index contributed by atoms with van der Waals surface area (Å²) in [4.78, 5) is 12.3. The zero-order chi connectivity index (χ0) is 20.5. The molecular formula is C20H23N3O4S. The third kappa shape index (κ3) is 6.24. The molecule has 0 saturated heterocycles. The van der Waals surface area contributed by atoms with Gasteiger partial charge in [-0.05, 0) is 74.1 Å². The third-order valence-corrected chi connectivity index (χ3v) is 3.72. The summed E-state index contributed by atoms with van der Waals surface area (Å²) in [7, 11) is 3.06. The Labute approximate surface area is 169 Å². The Morgan fingerprint density at radius 2 is 1.79 bits per heavy atom. The van der Waals surface area contributed by atoms with Gasteiger partial charge in [0.25, 0.3) is 0 Å². The second kappa shape index (κ2) is 10.3. The molecule has 0 radical (unpaired) electrons. The number of nitrogens with one attached hydrogen (secondary N) is 2. The summed E-state index contributed by atoms with van der Waals surface area (Å²) in [5.74, 6) is 0.891. The van der Waals surface area contributed by atoms with Crippen LogP contribution in [0.3, 0.4) is 0 Å². The van der Waals surface area contributed by atoms with Crippen LogP contribution in [-0.2, 0) is 0 Å². The second-order valence-electron chi connectivity index (χ2n) is 6.03. The smallest absolute Gasteiger partial charge is 0.343 e. The number of esters is 1. The van der Waals surface area contributed by atoms with Gasteiger partial charge in [-0.25, -0.2) is 4.79 Å². The number of rotatable bonds is 7. The molecule has 0 aliphatic carbocycles. The van der Waals surface area contributed by atoms with Crippen LogP contribution in [0.25, 0.3) is 0 Å². The van der Waals surface area contributed by atoms with Crippen LogP contribution in [0.1, 0.15) is 29.8 Å². The fourth-order valence-electron chi connectivity index (χ4n) is 2.19. The molecule has 0 amide bonds. The number of carbonyl (C=O) groups is 1. The predicted octanol–water partition coefficient (Wildman–Crippen LogP) is 3.13. The highest BCUT2D eigenvalue weighted by Crippen LogP contribution is 2.28. The third-order valence-electron chi connectivity index (χ3n) is 3.52. The van der Waals surface area contributed by atoms with Gasteiger partial charge in [0.1, 0.15) is 5.75 Å². The lowest BCUT2D eigenvalue weighted by atomic mass is 10.2. The first-order valence-corrected chi connectivity index (χ1v) is 8.97. The summed E-state index contributed by atoms with van der Waals surface area (Å²) < 4.78 is 15.8. The summed E-state index contributed by atoms with van der Waals surface area (Å²) >= 11 is 5.10. The highest BCUT2D eigenvalue weighted by molar-refractivity contribution is 7.80. The van der Waals surface area contributed by atoms with Crippen molar-refractivity contribution in [1.82, 2.24) is 10.7 Å². The molecule has 2 rings (SSSR count). The Bertz CT molecular complexity index is 851. The molecular weight excluding hydrogens is 378 g/mol. The van der Waals surface area contributed by atoms with Crippen molar-refractivity contribution in [1.29, 1.82) is 0 Å². The lowest BCUT2D eigenvalue weighted by Gasteiger charge is -2.11. The number of methoxy groups -OCH3 is 2. The molecule has 0 bridgehead atoms. The van der Waals surface area contributed by atoms with E-state index in [1.54, 1.807) is 55.8 Å². The first-order valence-electron chi connectivity index (χ1n) is 8.56. The number of carbonyl (C=O) groups excluding carboxylic acids is 1. The number of ether oxygens (including phenoxy) is 3. The van der Waals surface area contributed by atoms with E-state index in [4.69, 9.17) is 26.4 Å². The van der Waals surface area contributed by atoms with Gasteiger partial charge in [0.15, 0.2) is 16.6 Å². The topological polar surface area (TPSA) is 81.2 Å². The van der Waals surface area contributed by atoms with Crippen LogP contribution in [-0.4, -0.2) is 37.6 Å². The van der Waals surface area contributed by atoms with Crippen molar-refractivity contribution in [3.05, 3.63) is 53.6 Å². The Morgan fingerprint density at radius 3 is 2.39 bits per heavy atom. The SMILES string of the molecule is COc1ccc(C(=O)Oc2ccc(/C=N\NC(=S)NC(C)C)cc2OC)cc1. The average molecular weight is 401 g/mol. The molecule has 0 atom stereocenters. The van der Waals surface area contributed by atoms with Crippen molar-refractivity contribution in [2.75, 3.05) is 14.2 Å². The maximum absolute atomic E-state index is 12.3. The molecule has 7 nitrogen and oxygen atoms in total. The zero-order valence-corrected chi connectivity index (χ0v) is 17.0. The Kier molecular flexibility index (Phi) is 7.76. The molecule has 2 N–H and O–H groups in total. The van der Waals surface area contributed by atoms with E-state index in [-0.39, 0.29) is 6.04 Å². The van der Waals surface area contributed by atoms with Gasteiger partial charge < -0.3 is 19.5 Å². The van der Waals surface area contributed by atoms with Gasteiger partial charge in [-0.15, -0.1) is 0 Å². The quantitative estimate of drug-likeness (QED) is 0.243. The molecule has 0 aliphatic rings. The maximum Gasteiger partial charge on any atom is 0.343 e. The van der Waals surface area contributed by atoms with E-state index in [0.29, 0.717) is 27.9 Å². The van der Waals surface area contributed by atoms with Gasteiger partial charge >= 0.3 is 5.97 Å². The maximum atomic E-state index is 12.3. The van der Waals surface area contributed by atoms with E-state index < -0.39 is 5.97 Å². The highest BCUT2D eigenvalue weighted by atomic mass is 32.1. The van der Waals surface area contributed by atoms with Crippen LogP contribution in [0.2, 0.25) is 0 Å². The van der Waals surface area contributed by atoms with Crippen LogP contribution in [0.15, 0.2) is 47.6 Å². The van der Waals surface area contributed by atoms with E-state index in [1.165, 1.54) is 7.11 Å². The van der Waals surface area contributed by atoms with E-state index in [9.17, 15) is 4.79 Å². The van der Waals surface area contributed by atoms with Crippen LogP contribution in [0.5, 0.6) is 17.2 Å². The molecule has 0 heterocycles. The molecule has 0 fully saturated rings. The van der Waals surface area contributed by atoms with Crippen molar-refractivity contribution in [2.45, 2.75) is 19.9 Å². The van der Waals surface area contributed by atoms with Gasteiger partial charge in [-0.3, -0.25) is 5.43 Å². The normalized spacial score (nSPS) is 10.6. The summed E-state index contributed by atoms with van der Waals surface area (Å²) in [5.41, 5.74) is 3.89. The van der Waals surface area contributed by atoms with Crippen molar-refractivity contribution in [3.8, 4) is 17.2 Å². The fraction of sp³-hybridized carbons (Fsp3) is 0.250. The van der Waals surface area contributed by atoms with Gasteiger partial charge in [0.05, 0.1) is 26.0 Å². The lowest BCUT2D eigenvalue weighted by Crippen LogP contribution is -2.36. The number of thiocarbonyl (C=S) groups is 1. The summed E-state index contributed by atoms with van der Waals surface area (Å²) in [5, 5.41) is 7.53. The van der Waals surface area contributed by atoms with Crippen LogP contribution in [0.4, 0.5) is 0 Å². The lowest BCUT2D eigenvalue weighted by molar-refractivity contribution is 0.0729. The average Bonchev–Trinajstić information content (AvgIpc) is 2.68. The van der Waals surface area contributed by atoms with Gasteiger partial charge in [-0.2, -0.15) is 5.10 Å². The molecule has 148 valence electrons. The molecule has 2 aromatic rings. The number of benzene rings is 2. The molecule has 28 heavy (non-hydrogen) atoms. The minimum absolute atomic E-state index is 0.218. The molecule has 0 unspecified atom stereocenters. The molecule has 0 saturated carbocycles. The standard InChI is InChI=1S/C20H23N3O4S/c1-13(2)22-20(28)23-21-12-14-5-10-17(18(11-14)26-4)27-19(24)15-6-8-16(25-3)9-7-15/h5-13H,1-4H3,(H2,22,23,28)/b21-12-. The van der Waals surface area contributed by atoms with Crippen molar-refractivity contribution in [2.24, 2.45) is 5.10 Å². The Hall–Kier alpha value is -3.13. The largest absolute Gasteiger partial charge is 0.497 e. The molecule has 0 spiro atoms. The molecule has 0 aromatic heterocycles. The summed E-state index contributed by atoms with van der Waals surface area (Å²) in [6, 6.07) is 12.0. The number of hydrogen-bond acceptors (Lipinski definition) is 6. The van der Waals surface area contributed by atoms with Crippen LogP contribution in [0, 0.1) is 0 Å². The number of nitrogens with zero attached hydrogens (tertiary/aromatic N) is 1. The minimum Gasteiger partial charge on any atom is -0.497 e. The van der Waals surface area contributed by atoms with Crippen LogP contribution < -0.4 is 25.0 Å². The summed E-state index contributed by atoms with van der Waals surface area (Å²) in [6.07, 6.45) is 1.59. The van der Waals surface area contributed by atoms with Crippen molar-refractivity contribution < 1.29 is 19.0 Å². The van der Waals surface area contributed by atoms with E-state index in [2.05, 4.69) is 15.8 Å². The number of hydrogen-bond donors (Lipinski definition) is 2. The van der Waals surface area contributed by atoms with E-state index in [1.807, 2.05) is 13.8 Å². The van der Waals surface area contributed by atoms with E-state index in [0.717, 1.165) is 5.56 Å². The highest BCUT2D eigenvalue weighted by Gasteiger charge is 2.13. The molecule has 8 heteroatoms. The van der Waals surface area contributed by atoms with Crippen LogP contribution >= 0.6 is 12.2 Å². The molecule has 2 aromatic carbocycles. The van der Waals surface area contributed by atoms with Crippen molar-refractivity contribution in [3.63, 3.8) is 0 Å². The zero-order valence-electron chi connectivity index (χ0n) is 16.2. The molecule has 0 aliphatic heterocycles. The monoisotopic (exact) mass is 401 g/mol. The Balaban J connectivity index is 2.05. The first kappa shape index (κ1) is 21.2. The number of hydrazone groups is 1. The Morgan fingerprint density at radius 1 is 1.07 bits per heavy atom.